The van der Waals surface area contributed by atoms with Crippen molar-refractivity contribution in [3.63, 3.8) is 0 Å². The van der Waals surface area contributed by atoms with Crippen LogP contribution in [0.4, 0.5) is 47.1 Å². The van der Waals surface area contributed by atoms with Crippen LogP contribution in [-0.4, -0.2) is 126 Å². The fourth-order valence-corrected chi connectivity index (χ4v) is 7.19. The van der Waals surface area contributed by atoms with Crippen LogP contribution >= 0.6 is 0 Å². The molecule has 8 rings (SSSR count). The number of carbonyl (C=O) groups is 4. The Morgan fingerprint density at radius 3 is 0.903 bits per heavy atom. The fourth-order valence-electron chi connectivity index (χ4n) is 7.19. The molecule has 0 aliphatic heterocycles. The minimum atomic E-state index is -0.512. The van der Waals surface area contributed by atoms with E-state index in [2.05, 4.69) is 61.8 Å². The minimum Gasteiger partial charge on any atom is -0.395 e. The Hall–Kier alpha value is -7.78. The molecule has 10 N–H and O–H groups in total. The number of aromatic nitrogens is 6. The first-order chi connectivity index (χ1) is 30.2. The van der Waals surface area contributed by atoms with Crippen LogP contribution in [0.2, 0.25) is 0 Å². The van der Waals surface area contributed by atoms with Crippen molar-refractivity contribution in [1.29, 1.82) is 0 Å². The highest BCUT2D eigenvalue weighted by Crippen LogP contribution is 2.44. The molecular formula is C42H38N12O8. The first-order valence-electron chi connectivity index (χ1n) is 19.4. The summed E-state index contributed by atoms with van der Waals surface area (Å²) in [4.78, 5) is 84.6. The van der Waals surface area contributed by atoms with Crippen LogP contribution in [0.3, 0.4) is 0 Å². The SMILES string of the molecule is O=C1c2ccccc2C(=O)c2c(-c3ccc(Nc4nc(NCCO)nc(NCCO)n4)c4c3C(=O)c3ccccc3C4=O)ccc(Nc3nc(NCCO)nc(NCCO)n3)c21. The lowest BCUT2D eigenvalue weighted by atomic mass is 9.75. The highest BCUT2D eigenvalue weighted by molar-refractivity contribution is 6.35. The zero-order chi connectivity index (χ0) is 43.3. The normalized spacial score (nSPS) is 12.5. The number of benzene rings is 4. The minimum absolute atomic E-state index is 0.0382. The van der Waals surface area contributed by atoms with E-state index in [-0.39, 0.29) is 155 Å². The van der Waals surface area contributed by atoms with Crippen molar-refractivity contribution in [3.05, 3.63) is 117 Å². The van der Waals surface area contributed by atoms with Crippen molar-refractivity contribution in [3.8, 4) is 11.1 Å². The Kier molecular flexibility index (Phi) is 11.8. The van der Waals surface area contributed by atoms with E-state index in [0.29, 0.717) is 0 Å². The summed E-state index contributed by atoms with van der Waals surface area (Å²) in [6.07, 6.45) is 0. The van der Waals surface area contributed by atoms with Crippen LogP contribution in [-0.2, 0) is 0 Å². The van der Waals surface area contributed by atoms with E-state index in [1.807, 2.05) is 0 Å². The summed E-state index contributed by atoms with van der Waals surface area (Å²) in [5.41, 5.74) is 1.11. The van der Waals surface area contributed by atoms with Crippen LogP contribution in [0, 0.1) is 0 Å². The maximum absolute atomic E-state index is 14.7. The van der Waals surface area contributed by atoms with Gasteiger partial charge < -0.3 is 52.3 Å². The molecule has 2 heterocycles. The molecule has 0 bridgehead atoms. The Balaban J connectivity index is 1.31. The van der Waals surface area contributed by atoms with Crippen LogP contribution in [0.25, 0.3) is 11.1 Å². The van der Waals surface area contributed by atoms with Gasteiger partial charge in [0, 0.05) is 59.6 Å². The Labute approximate surface area is 352 Å². The van der Waals surface area contributed by atoms with E-state index in [0.717, 1.165) is 0 Å². The van der Waals surface area contributed by atoms with E-state index < -0.39 is 23.1 Å². The quantitative estimate of drug-likeness (QED) is 0.0629. The summed E-state index contributed by atoms with van der Waals surface area (Å²) in [5, 5.41) is 55.2. The molecule has 0 amide bonds. The van der Waals surface area contributed by atoms with Gasteiger partial charge in [-0.25, -0.2) is 0 Å². The van der Waals surface area contributed by atoms with Gasteiger partial charge in [-0.1, -0.05) is 60.7 Å². The summed E-state index contributed by atoms with van der Waals surface area (Å²) in [6, 6.07) is 19.0. The van der Waals surface area contributed by atoms with Gasteiger partial charge in [0.25, 0.3) is 0 Å². The number of ketones is 4. The number of nitrogens with one attached hydrogen (secondary N) is 6. The molecule has 0 spiro atoms. The lowest BCUT2D eigenvalue weighted by Gasteiger charge is -2.26. The van der Waals surface area contributed by atoms with Gasteiger partial charge in [-0.15, -0.1) is 0 Å². The standard InChI is InChI=1S/C42H38N12O8/c55-17-13-43-37-49-38(44-14-18-56)52-41(51-37)47-27-11-9-21(29-31(27)35(61)25-7-3-1-5-23(25)33(29)59)22-10-12-28(32-30(22)34(60)24-6-2-4-8-26(24)36(32)62)48-42-53-39(45-15-19-57)50-40(54-42)46-16-20-58/h1-12,55-58H,13-20H2,(H3,43,44,47,49,51,52)(H3,45,46,48,50,53,54). The van der Waals surface area contributed by atoms with Gasteiger partial charge in [-0.3, -0.25) is 19.2 Å². The van der Waals surface area contributed by atoms with E-state index in [4.69, 9.17) is 0 Å². The summed E-state index contributed by atoms with van der Waals surface area (Å²) >= 11 is 0. The molecule has 20 heteroatoms. The molecule has 6 aromatic rings. The Bertz CT molecular complexity index is 2530. The van der Waals surface area contributed by atoms with Gasteiger partial charge in [-0.05, 0) is 23.3 Å². The summed E-state index contributed by atoms with van der Waals surface area (Å²) in [6.45, 7) is -0.417. The number of fused-ring (bicyclic) bond motifs is 4. The van der Waals surface area contributed by atoms with Gasteiger partial charge in [0.2, 0.25) is 35.7 Å². The average molecular weight is 839 g/mol. The third kappa shape index (κ3) is 7.84. The molecule has 20 nitrogen and oxygen atoms in total. The number of aliphatic hydroxyl groups is 4. The first-order valence-corrected chi connectivity index (χ1v) is 19.4. The van der Waals surface area contributed by atoms with Crippen molar-refractivity contribution in [2.45, 2.75) is 0 Å². The second kappa shape index (κ2) is 17.8. The van der Waals surface area contributed by atoms with Gasteiger partial charge >= 0.3 is 0 Å². The highest BCUT2D eigenvalue weighted by atomic mass is 16.3. The lowest BCUT2D eigenvalue weighted by molar-refractivity contribution is 0.0978. The predicted octanol–water partition coefficient (Wildman–Crippen LogP) is 2.38. The number of hydrogen-bond acceptors (Lipinski definition) is 20. The molecule has 0 saturated heterocycles. The molecule has 0 unspecified atom stereocenters. The lowest BCUT2D eigenvalue weighted by Crippen LogP contribution is -2.25. The smallest absolute Gasteiger partial charge is 0.233 e. The molecule has 314 valence electrons. The number of rotatable bonds is 17. The molecular weight excluding hydrogens is 801 g/mol. The van der Waals surface area contributed by atoms with Gasteiger partial charge in [0.05, 0.1) is 48.9 Å². The Morgan fingerprint density at radius 2 is 0.613 bits per heavy atom. The van der Waals surface area contributed by atoms with E-state index >= 15 is 0 Å². The molecule has 2 aromatic heterocycles. The fraction of sp³-hybridized carbons (Fsp3) is 0.190. The average Bonchev–Trinajstić information content (AvgIpc) is 3.29. The topological polar surface area (TPSA) is 299 Å². The van der Waals surface area contributed by atoms with Crippen molar-refractivity contribution >= 4 is 70.2 Å². The molecule has 0 atom stereocenters. The summed E-state index contributed by atoms with van der Waals surface area (Å²) < 4.78 is 0. The van der Waals surface area contributed by atoms with Gasteiger partial charge in [-0.2, -0.15) is 29.9 Å². The maximum Gasteiger partial charge on any atom is 0.233 e. The molecule has 0 radical (unpaired) electrons. The van der Waals surface area contributed by atoms with Crippen LogP contribution in [0.5, 0.6) is 0 Å². The monoisotopic (exact) mass is 838 g/mol. The summed E-state index contributed by atoms with van der Waals surface area (Å²) in [5.74, 6) is -1.81. The zero-order valence-corrected chi connectivity index (χ0v) is 32.7. The maximum atomic E-state index is 14.7. The third-order valence-corrected chi connectivity index (χ3v) is 9.79. The number of anilines is 8. The number of nitrogens with zero attached hydrogens (tertiary/aromatic N) is 6. The van der Waals surface area contributed by atoms with Crippen molar-refractivity contribution in [1.82, 2.24) is 29.9 Å². The number of carbonyl (C=O) groups excluding carboxylic acids is 4. The zero-order valence-electron chi connectivity index (χ0n) is 32.7. The molecule has 0 fully saturated rings. The van der Waals surface area contributed by atoms with E-state index in [9.17, 15) is 39.6 Å². The van der Waals surface area contributed by atoms with Crippen molar-refractivity contribution < 1.29 is 39.6 Å². The molecule has 2 aliphatic carbocycles. The van der Waals surface area contributed by atoms with Crippen LogP contribution in [0.1, 0.15) is 63.7 Å². The number of aliphatic hydroxyl groups excluding tert-OH is 4. The predicted molar refractivity (Wildman–Crippen MR) is 227 cm³/mol. The van der Waals surface area contributed by atoms with Gasteiger partial charge in [0.1, 0.15) is 0 Å². The molecule has 2 aliphatic rings. The van der Waals surface area contributed by atoms with Crippen LogP contribution < -0.4 is 31.9 Å². The molecule has 0 saturated carbocycles. The van der Waals surface area contributed by atoms with Crippen molar-refractivity contribution in [2.75, 3.05) is 84.5 Å². The molecule has 62 heavy (non-hydrogen) atoms. The largest absolute Gasteiger partial charge is 0.395 e. The van der Waals surface area contributed by atoms with Crippen molar-refractivity contribution in [2.24, 2.45) is 0 Å². The van der Waals surface area contributed by atoms with Gasteiger partial charge in [0.15, 0.2) is 23.1 Å². The second-order valence-corrected chi connectivity index (χ2v) is 13.7. The molecule has 4 aromatic carbocycles. The first kappa shape index (κ1) is 41.0. The third-order valence-electron chi connectivity index (χ3n) is 9.79. The second-order valence-electron chi connectivity index (χ2n) is 13.7. The highest BCUT2D eigenvalue weighted by Gasteiger charge is 2.38. The number of hydrogen-bond donors (Lipinski definition) is 10. The van der Waals surface area contributed by atoms with E-state index in [1.165, 1.54) is 0 Å². The summed E-state index contributed by atoms with van der Waals surface area (Å²) in [7, 11) is 0. The van der Waals surface area contributed by atoms with E-state index in [1.54, 1.807) is 72.8 Å². The van der Waals surface area contributed by atoms with Crippen LogP contribution in [0.15, 0.2) is 72.8 Å². The Morgan fingerprint density at radius 1 is 0.339 bits per heavy atom.